The molecule has 0 N–H and O–H groups in total. The van der Waals surface area contributed by atoms with Crippen LogP contribution in [0, 0.1) is 0 Å². The summed E-state index contributed by atoms with van der Waals surface area (Å²) in [6, 6.07) is 1.74. The van der Waals surface area contributed by atoms with Crippen molar-refractivity contribution in [1.29, 1.82) is 0 Å². The Labute approximate surface area is 140 Å². The van der Waals surface area contributed by atoms with Crippen molar-refractivity contribution < 1.29 is 0 Å². The summed E-state index contributed by atoms with van der Waals surface area (Å²) >= 11 is 8.55. The topological polar surface area (TPSA) is 6.48 Å². The van der Waals surface area contributed by atoms with Crippen LogP contribution >= 0.6 is 47.0 Å². The predicted molar refractivity (Wildman–Crippen MR) is 99.0 cm³/mol. The fourth-order valence-corrected chi connectivity index (χ4v) is 8.03. The maximum atomic E-state index is 2.75. The summed E-state index contributed by atoms with van der Waals surface area (Å²) in [6.45, 7) is 0. The summed E-state index contributed by atoms with van der Waals surface area (Å²) in [5, 5.41) is 0. The third kappa shape index (κ3) is 4.66. The van der Waals surface area contributed by atoms with Crippen LogP contribution in [0.25, 0.3) is 0 Å². The molecule has 20 heavy (non-hydrogen) atoms. The molecule has 2 aliphatic heterocycles. The zero-order chi connectivity index (χ0) is 13.6. The molecule has 3 aliphatic rings. The quantitative estimate of drug-likeness (QED) is 0.744. The van der Waals surface area contributed by atoms with Gasteiger partial charge in [-0.2, -0.15) is 0 Å². The van der Waals surface area contributed by atoms with Gasteiger partial charge in [-0.15, -0.1) is 47.0 Å². The van der Waals surface area contributed by atoms with Gasteiger partial charge in [-0.25, -0.2) is 0 Å². The van der Waals surface area contributed by atoms with E-state index in [1.807, 2.05) is 0 Å². The van der Waals surface area contributed by atoms with E-state index < -0.39 is 0 Å². The van der Waals surface area contributed by atoms with E-state index in [1.165, 1.54) is 72.2 Å². The highest BCUT2D eigenvalue weighted by Gasteiger charge is 2.29. The molecule has 0 spiro atoms. The van der Waals surface area contributed by atoms with E-state index in [1.54, 1.807) is 0 Å². The molecule has 3 rings (SSSR count). The van der Waals surface area contributed by atoms with Crippen molar-refractivity contribution in [3.8, 4) is 0 Å². The van der Waals surface area contributed by atoms with Gasteiger partial charge in [-0.1, -0.05) is 0 Å². The maximum absolute atomic E-state index is 2.75. The van der Waals surface area contributed by atoms with E-state index in [0.29, 0.717) is 0 Å². The van der Waals surface area contributed by atoms with Gasteiger partial charge in [0.05, 0.1) is 0 Å². The predicted octanol–water partition coefficient (Wildman–Crippen LogP) is 3.69. The third-order valence-electron chi connectivity index (χ3n) is 4.47. The molecule has 3 fully saturated rings. The molecular formula is C14H26N2S4. The highest BCUT2D eigenvalue weighted by molar-refractivity contribution is 8.03. The van der Waals surface area contributed by atoms with Crippen molar-refractivity contribution >= 4 is 47.0 Å². The van der Waals surface area contributed by atoms with Crippen molar-refractivity contribution in [3.05, 3.63) is 0 Å². The van der Waals surface area contributed by atoms with E-state index in [0.717, 1.165) is 12.1 Å². The SMILES string of the molecule is C1CSCN(C2CCC(N3CSCCSC3)CC2)CS1. The summed E-state index contributed by atoms with van der Waals surface area (Å²) in [5.74, 6) is 10.5. The number of nitrogens with zero attached hydrogens (tertiary/aromatic N) is 2. The monoisotopic (exact) mass is 350 g/mol. The fourth-order valence-electron chi connectivity index (χ4n) is 3.25. The van der Waals surface area contributed by atoms with Crippen molar-refractivity contribution in [3.63, 3.8) is 0 Å². The molecule has 6 heteroatoms. The van der Waals surface area contributed by atoms with E-state index in [4.69, 9.17) is 0 Å². The van der Waals surface area contributed by atoms with Gasteiger partial charge in [0, 0.05) is 58.6 Å². The molecule has 0 amide bonds. The highest BCUT2D eigenvalue weighted by atomic mass is 32.2. The van der Waals surface area contributed by atoms with Crippen LogP contribution in [0.15, 0.2) is 0 Å². The van der Waals surface area contributed by atoms with Crippen LogP contribution in [0.5, 0.6) is 0 Å². The molecule has 2 nitrogen and oxygen atoms in total. The van der Waals surface area contributed by atoms with Gasteiger partial charge in [0.25, 0.3) is 0 Å². The Kier molecular flexibility index (Phi) is 7.14. The van der Waals surface area contributed by atoms with Gasteiger partial charge in [0.1, 0.15) is 0 Å². The number of rotatable bonds is 2. The van der Waals surface area contributed by atoms with Gasteiger partial charge >= 0.3 is 0 Å². The lowest BCUT2D eigenvalue weighted by atomic mass is 9.90. The van der Waals surface area contributed by atoms with Crippen molar-refractivity contribution in [2.75, 3.05) is 46.5 Å². The van der Waals surface area contributed by atoms with Gasteiger partial charge < -0.3 is 0 Å². The minimum atomic E-state index is 0.872. The summed E-state index contributed by atoms with van der Waals surface area (Å²) < 4.78 is 0. The standard InChI is InChI=1S/C14H26N2S4/c1-2-14(16-11-19-7-8-20-12-16)4-3-13(1)15-9-17-5-6-18-10-15/h13-14H,1-12H2. The molecule has 0 bridgehead atoms. The molecule has 0 aromatic rings. The Bertz CT molecular complexity index is 240. The molecule has 0 aromatic heterocycles. The molecule has 0 unspecified atom stereocenters. The zero-order valence-corrected chi connectivity index (χ0v) is 15.4. The van der Waals surface area contributed by atoms with Crippen molar-refractivity contribution in [1.82, 2.24) is 9.80 Å². The van der Waals surface area contributed by atoms with Gasteiger partial charge in [0.2, 0.25) is 0 Å². The second-order valence-electron chi connectivity index (χ2n) is 5.79. The van der Waals surface area contributed by atoms with Crippen LogP contribution in [0.1, 0.15) is 25.7 Å². The second kappa shape index (κ2) is 8.82. The number of thioether (sulfide) groups is 4. The minimum Gasteiger partial charge on any atom is -0.282 e. The van der Waals surface area contributed by atoms with Crippen LogP contribution in [-0.4, -0.2) is 68.4 Å². The van der Waals surface area contributed by atoms with Gasteiger partial charge in [-0.05, 0) is 25.7 Å². The number of hydrogen-bond donors (Lipinski definition) is 0. The average molecular weight is 351 g/mol. The van der Waals surface area contributed by atoms with E-state index >= 15 is 0 Å². The van der Waals surface area contributed by atoms with Crippen molar-refractivity contribution in [2.45, 2.75) is 37.8 Å². The normalized spacial score (nSPS) is 35.4. The average Bonchev–Trinajstić information content (AvgIpc) is 2.92. The van der Waals surface area contributed by atoms with Crippen LogP contribution in [0.3, 0.4) is 0 Å². The first-order valence-corrected chi connectivity index (χ1v) is 12.3. The maximum Gasteiger partial charge on any atom is 0.0455 e. The lowest BCUT2D eigenvalue weighted by molar-refractivity contribution is 0.141. The first kappa shape index (κ1) is 16.2. The third-order valence-corrected chi connectivity index (χ3v) is 9.02. The van der Waals surface area contributed by atoms with Crippen LogP contribution < -0.4 is 0 Å². The molecule has 0 atom stereocenters. The molecular weight excluding hydrogens is 324 g/mol. The molecule has 1 saturated carbocycles. The van der Waals surface area contributed by atoms with E-state index in [9.17, 15) is 0 Å². The summed E-state index contributed by atoms with van der Waals surface area (Å²) in [4.78, 5) is 5.51. The van der Waals surface area contributed by atoms with Crippen LogP contribution in [0.4, 0.5) is 0 Å². The molecule has 0 radical (unpaired) electrons. The van der Waals surface area contributed by atoms with E-state index in [-0.39, 0.29) is 0 Å². The van der Waals surface area contributed by atoms with Gasteiger partial charge in [0.15, 0.2) is 0 Å². The minimum absolute atomic E-state index is 0.872. The van der Waals surface area contributed by atoms with Crippen LogP contribution in [-0.2, 0) is 0 Å². The first-order chi connectivity index (χ1) is 9.93. The zero-order valence-electron chi connectivity index (χ0n) is 12.2. The second-order valence-corrected chi connectivity index (χ2v) is 10.1. The molecule has 116 valence electrons. The Balaban J connectivity index is 1.45. The van der Waals surface area contributed by atoms with Crippen LogP contribution in [0.2, 0.25) is 0 Å². The Morgan fingerprint density at radius 3 is 1.10 bits per heavy atom. The number of hydrogen-bond acceptors (Lipinski definition) is 6. The Morgan fingerprint density at radius 1 is 0.500 bits per heavy atom. The Morgan fingerprint density at radius 2 is 0.800 bits per heavy atom. The largest absolute Gasteiger partial charge is 0.282 e. The van der Waals surface area contributed by atoms with E-state index in [2.05, 4.69) is 56.8 Å². The molecule has 2 heterocycles. The molecule has 1 aliphatic carbocycles. The highest BCUT2D eigenvalue weighted by Crippen LogP contribution is 2.32. The smallest absolute Gasteiger partial charge is 0.0455 e. The summed E-state index contributed by atoms with van der Waals surface area (Å²) in [6.07, 6.45) is 5.71. The molecule has 0 aromatic carbocycles. The summed E-state index contributed by atoms with van der Waals surface area (Å²) in [7, 11) is 0. The fraction of sp³-hybridized carbons (Fsp3) is 1.00. The lowest BCUT2D eigenvalue weighted by Crippen LogP contribution is -2.43. The lowest BCUT2D eigenvalue weighted by Gasteiger charge is -2.39. The molecule has 2 saturated heterocycles. The summed E-state index contributed by atoms with van der Waals surface area (Å²) in [5.41, 5.74) is 0. The van der Waals surface area contributed by atoms with Crippen molar-refractivity contribution in [2.24, 2.45) is 0 Å². The first-order valence-electron chi connectivity index (χ1n) is 7.72. The Hall–Kier alpha value is 1.32. The van der Waals surface area contributed by atoms with Gasteiger partial charge in [-0.3, -0.25) is 9.80 Å².